The van der Waals surface area contributed by atoms with Gasteiger partial charge in [0.15, 0.2) is 17.6 Å². The summed E-state index contributed by atoms with van der Waals surface area (Å²) in [7, 11) is -3.69. The zero-order valence-corrected chi connectivity index (χ0v) is 26.6. The molecule has 6 N–H and O–H groups in total. The van der Waals surface area contributed by atoms with Crippen molar-refractivity contribution in [2.45, 2.75) is 64.0 Å². The van der Waals surface area contributed by atoms with Crippen LogP contribution in [-0.4, -0.2) is 79.9 Å². The number of methoxy groups -OCH3 is 2. The van der Waals surface area contributed by atoms with E-state index >= 15 is 0 Å². The molecule has 1 heterocycles. The van der Waals surface area contributed by atoms with Crippen molar-refractivity contribution in [1.82, 2.24) is 0 Å². The number of allylic oxidation sites excluding steroid dienone is 2. The highest BCUT2D eigenvalue weighted by atomic mass is 32.2. The van der Waals surface area contributed by atoms with Crippen LogP contribution in [0.1, 0.15) is 39.7 Å². The predicted octanol–water partition coefficient (Wildman–Crippen LogP) is 4.01. The Balaban J connectivity index is 2.83. The summed E-state index contributed by atoms with van der Waals surface area (Å²) < 4.78 is 83.6. The third kappa shape index (κ3) is 9.48. The molecule has 0 aliphatic carbocycles. The van der Waals surface area contributed by atoms with E-state index in [1.807, 2.05) is 0 Å². The van der Waals surface area contributed by atoms with E-state index in [0.29, 0.717) is 11.6 Å². The smallest absolute Gasteiger partial charge is 0.505 e. The minimum absolute atomic E-state index is 0.0236. The zero-order valence-electron chi connectivity index (χ0n) is 25.8. The number of aliphatic hydroxyl groups is 1. The molecule has 0 saturated carbocycles. The van der Waals surface area contributed by atoms with E-state index in [0.717, 1.165) is 6.08 Å². The molecule has 17 heteroatoms. The molecule has 5 atom stereocenters. The average molecular weight is 679 g/mol. The maximum atomic E-state index is 13.2. The number of anilines is 1. The van der Waals surface area contributed by atoms with Crippen LogP contribution < -0.4 is 15.2 Å². The molecule has 13 nitrogen and oxygen atoms in total. The Morgan fingerprint density at radius 2 is 1.76 bits per heavy atom. The quantitative estimate of drug-likeness (QED) is 0.0990. The molecule has 2 rings (SSSR count). The van der Waals surface area contributed by atoms with Crippen molar-refractivity contribution in [2.24, 2.45) is 11.7 Å². The molecule has 0 fully saturated rings. The number of phenols is 2. The molecule has 256 valence electrons. The van der Waals surface area contributed by atoms with Gasteiger partial charge in [0, 0.05) is 31.8 Å². The van der Waals surface area contributed by atoms with Gasteiger partial charge in [0.25, 0.3) is 5.91 Å². The average Bonchev–Trinajstić information content (AvgIpc) is 2.95. The van der Waals surface area contributed by atoms with E-state index in [2.05, 4.69) is 9.50 Å². The van der Waals surface area contributed by atoms with E-state index in [-0.39, 0.29) is 17.6 Å². The van der Waals surface area contributed by atoms with E-state index in [1.54, 1.807) is 19.9 Å². The Kier molecular flexibility index (Phi) is 12.8. The number of hydrogen-bond acceptors (Lipinski definition) is 11. The monoisotopic (exact) mass is 678 g/mol. The number of aliphatic hydroxyl groups excluding tert-OH is 1. The summed E-state index contributed by atoms with van der Waals surface area (Å²) in [6, 6.07) is 0.608. The minimum atomic E-state index is -6.31. The number of benzene rings is 1. The summed E-state index contributed by atoms with van der Waals surface area (Å²) in [5, 5.41) is 35.0. The molecule has 2 bridgehead atoms. The fourth-order valence-corrected chi connectivity index (χ4v) is 4.99. The molecular formula is C29H37F3N2O11S. The zero-order chi connectivity index (χ0) is 35.1. The topological polar surface area (TPSA) is 204 Å². The number of carbonyl (C=O) groups is 2. The number of aromatic hydroxyl groups is 2. The van der Waals surface area contributed by atoms with Crippen molar-refractivity contribution in [3.63, 3.8) is 0 Å². The Morgan fingerprint density at radius 1 is 1.13 bits per heavy atom. The van der Waals surface area contributed by atoms with Crippen molar-refractivity contribution in [3.05, 3.63) is 52.7 Å². The van der Waals surface area contributed by atoms with Crippen LogP contribution in [0.5, 0.6) is 17.2 Å². The van der Waals surface area contributed by atoms with Gasteiger partial charge < -0.3 is 44.8 Å². The number of halogens is 3. The van der Waals surface area contributed by atoms with Gasteiger partial charge in [-0.15, -0.1) is 0 Å². The number of nitrogens with one attached hydrogen (secondary N) is 1. The van der Waals surface area contributed by atoms with Crippen LogP contribution in [0, 0.1) is 5.92 Å². The molecule has 0 spiro atoms. The molecule has 1 aliphatic rings. The molecule has 0 unspecified atom stereocenters. The van der Waals surface area contributed by atoms with Gasteiger partial charge >= 0.3 is 21.7 Å². The van der Waals surface area contributed by atoms with Gasteiger partial charge in [-0.1, -0.05) is 36.8 Å². The number of carbonyl (C=O) groups excluding carboxylic acids is 2. The second-order valence-corrected chi connectivity index (χ2v) is 12.0. The van der Waals surface area contributed by atoms with Gasteiger partial charge in [-0.2, -0.15) is 21.6 Å². The maximum Gasteiger partial charge on any atom is 0.534 e. The van der Waals surface area contributed by atoms with Crippen LogP contribution in [0.25, 0.3) is 6.08 Å². The first-order valence-corrected chi connectivity index (χ1v) is 15.0. The summed E-state index contributed by atoms with van der Waals surface area (Å²) in [5.41, 5.74) is -1.16. The number of amides is 2. The lowest BCUT2D eigenvalue weighted by molar-refractivity contribution is -0.112. The standard InChI is InChI=1S/C29H37F3N2O11S/c1-14-10-18-24(37)19(13-20(35)26(18)45-46(40,41)29(30,31)32)34-27(38)15(2)8-7-9-21(42-5)25(44-28(33)39)17(4)12-16(3)23(36)22(11-14)43-6/h7-10,12-13,16,21-23,25,35-37H,11H2,1-6H3,(H2,33,39)(H,34,38)/t16-,21-,22-,23+,25-/m0/s1. The Hall–Kier alpha value is -4.06. The van der Waals surface area contributed by atoms with E-state index in [4.69, 9.17) is 19.9 Å². The Bertz CT molecular complexity index is 1540. The maximum absolute atomic E-state index is 13.2. The molecular weight excluding hydrogens is 641 g/mol. The van der Waals surface area contributed by atoms with E-state index in [1.165, 1.54) is 46.3 Å². The molecule has 0 aromatic heterocycles. The number of nitrogens with two attached hydrogens (primary N) is 1. The summed E-state index contributed by atoms with van der Waals surface area (Å²) in [5.74, 6) is -4.87. The minimum Gasteiger partial charge on any atom is -0.505 e. The van der Waals surface area contributed by atoms with Crippen molar-refractivity contribution in [3.8, 4) is 17.2 Å². The number of hydrogen-bond donors (Lipinski definition) is 5. The van der Waals surface area contributed by atoms with Gasteiger partial charge in [0.1, 0.15) is 11.9 Å². The lowest BCUT2D eigenvalue weighted by Gasteiger charge is -2.28. The second-order valence-electron chi connectivity index (χ2n) is 10.5. The van der Waals surface area contributed by atoms with Gasteiger partial charge in [-0.05, 0) is 38.8 Å². The van der Waals surface area contributed by atoms with Gasteiger partial charge in [0.05, 0.1) is 23.5 Å². The van der Waals surface area contributed by atoms with Crippen molar-refractivity contribution >= 4 is 33.9 Å². The number of phenolic OH excluding ortho intramolecular Hbond substituents is 2. The van der Waals surface area contributed by atoms with E-state index < -0.39 is 86.5 Å². The highest BCUT2D eigenvalue weighted by Crippen LogP contribution is 2.45. The molecule has 0 radical (unpaired) electrons. The predicted molar refractivity (Wildman–Crippen MR) is 160 cm³/mol. The summed E-state index contributed by atoms with van der Waals surface area (Å²) in [4.78, 5) is 24.6. The van der Waals surface area contributed by atoms with Gasteiger partial charge in [-0.3, -0.25) is 4.79 Å². The summed E-state index contributed by atoms with van der Waals surface area (Å²) in [6.07, 6.45) is 1.36. The van der Waals surface area contributed by atoms with Gasteiger partial charge in [0.2, 0.25) is 0 Å². The molecule has 46 heavy (non-hydrogen) atoms. The summed E-state index contributed by atoms with van der Waals surface area (Å²) >= 11 is 0. The summed E-state index contributed by atoms with van der Waals surface area (Å²) in [6.45, 7) is 6.04. The Morgan fingerprint density at radius 3 is 2.30 bits per heavy atom. The van der Waals surface area contributed by atoms with Crippen molar-refractivity contribution in [1.29, 1.82) is 0 Å². The van der Waals surface area contributed by atoms with Crippen LogP contribution in [0.2, 0.25) is 0 Å². The van der Waals surface area contributed by atoms with Crippen LogP contribution >= 0.6 is 0 Å². The molecule has 2 amide bonds. The third-order valence-corrected chi connectivity index (χ3v) is 7.88. The SMILES string of the molecule is CO[C@H]1C=CC=C(C)C(=O)Nc2cc(O)c(OS(=O)(=O)C(F)(F)F)c(c2O)C=C(C)C[C@H](OC)[C@H](O)[C@@H](C)C=C(C)[C@@H]1OC(N)=O. The van der Waals surface area contributed by atoms with E-state index in [9.17, 15) is 46.5 Å². The largest absolute Gasteiger partial charge is 0.534 e. The lowest BCUT2D eigenvalue weighted by atomic mass is 9.91. The molecule has 1 aromatic carbocycles. The third-order valence-electron chi connectivity index (χ3n) is 6.92. The first-order chi connectivity index (χ1) is 21.2. The second kappa shape index (κ2) is 15.5. The fourth-order valence-electron chi connectivity index (χ4n) is 4.50. The normalized spacial score (nSPS) is 23.9. The van der Waals surface area contributed by atoms with Crippen LogP contribution in [0.4, 0.5) is 23.7 Å². The Labute approximate surface area is 263 Å². The molecule has 0 saturated heterocycles. The number of fused-ring (bicyclic) bond motifs is 2. The first kappa shape index (κ1) is 38.1. The van der Waals surface area contributed by atoms with Gasteiger partial charge in [-0.25, -0.2) is 4.79 Å². The van der Waals surface area contributed by atoms with Crippen LogP contribution in [0.15, 0.2) is 47.1 Å². The highest BCUT2D eigenvalue weighted by Gasteiger charge is 2.49. The van der Waals surface area contributed by atoms with Crippen LogP contribution in [0.3, 0.4) is 0 Å². The highest BCUT2D eigenvalue weighted by molar-refractivity contribution is 7.88. The van der Waals surface area contributed by atoms with Crippen molar-refractivity contribution in [2.75, 3.05) is 19.5 Å². The molecule has 1 aromatic rings. The fraction of sp³-hybridized carbons (Fsp3) is 0.448. The first-order valence-electron chi connectivity index (χ1n) is 13.5. The number of alkyl halides is 3. The molecule has 1 aliphatic heterocycles. The van der Waals surface area contributed by atoms with Crippen molar-refractivity contribution < 1.29 is 64.9 Å². The van der Waals surface area contributed by atoms with Crippen LogP contribution in [-0.2, 0) is 29.1 Å². The number of ether oxygens (including phenoxy) is 3. The number of rotatable bonds is 5. The number of primary amides is 1. The lowest BCUT2D eigenvalue weighted by Crippen LogP contribution is -2.36.